The fraction of sp³-hybridized carbons (Fsp3) is 0.133. The van der Waals surface area contributed by atoms with Crippen molar-refractivity contribution in [2.45, 2.75) is 12.8 Å². The van der Waals surface area contributed by atoms with E-state index in [1.165, 1.54) is 12.1 Å². The highest BCUT2D eigenvalue weighted by molar-refractivity contribution is 5.74. The van der Waals surface area contributed by atoms with E-state index < -0.39 is 11.7 Å². The van der Waals surface area contributed by atoms with Crippen LogP contribution in [0.3, 0.4) is 0 Å². The van der Waals surface area contributed by atoms with Crippen LogP contribution in [0.5, 0.6) is 5.75 Å². The lowest BCUT2D eigenvalue weighted by Crippen LogP contribution is -2.05. The van der Waals surface area contributed by atoms with Gasteiger partial charge in [-0.25, -0.2) is 4.98 Å². The van der Waals surface area contributed by atoms with E-state index in [2.05, 4.69) is 9.97 Å². The second kappa shape index (κ2) is 5.12. The van der Waals surface area contributed by atoms with Crippen molar-refractivity contribution < 1.29 is 17.9 Å². The number of fused-ring (bicyclic) bond motifs is 1. The molecule has 3 aromatic rings. The number of aromatic amines is 1. The van der Waals surface area contributed by atoms with Gasteiger partial charge < -0.3 is 9.72 Å². The summed E-state index contributed by atoms with van der Waals surface area (Å²) >= 11 is 0. The van der Waals surface area contributed by atoms with Crippen molar-refractivity contribution in [1.29, 1.82) is 0 Å². The molecule has 0 atom stereocenters. The number of hydrogen-bond donors (Lipinski definition) is 1. The number of rotatable bonds is 3. The molecule has 0 fully saturated rings. The zero-order valence-electron chi connectivity index (χ0n) is 10.8. The summed E-state index contributed by atoms with van der Waals surface area (Å²) in [4.78, 5) is 7.35. The minimum absolute atomic E-state index is 0.0794. The summed E-state index contributed by atoms with van der Waals surface area (Å²) in [6, 6.07) is 12.2. The molecule has 0 aliphatic heterocycles. The minimum atomic E-state index is -4.38. The van der Waals surface area contributed by atoms with Crippen molar-refractivity contribution in [3.05, 3.63) is 59.9 Å². The molecule has 21 heavy (non-hydrogen) atoms. The van der Waals surface area contributed by atoms with Gasteiger partial charge in [0.1, 0.15) is 18.2 Å². The topological polar surface area (TPSA) is 37.9 Å². The van der Waals surface area contributed by atoms with Crippen LogP contribution in [0.2, 0.25) is 0 Å². The second-order valence-electron chi connectivity index (χ2n) is 4.51. The molecule has 0 aliphatic rings. The lowest BCUT2D eigenvalue weighted by molar-refractivity contribution is -0.137. The average molecular weight is 292 g/mol. The third-order valence-corrected chi connectivity index (χ3v) is 2.98. The summed E-state index contributed by atoms with van der Waals surface area (Å²) in [6.45, 7) is 0.0794. The van der Waals surface area contributed by atoms with E-state index in [1.54, 1.807) is 0 Å². The molecule has 2 aromatic carbocycles. The van der Waals surface area contributed by atoms with Crippen LogP contribution < -0.4 is 4.74 Å². The Hall–Kier alpha value is -2.50. The Morgan fingerprint density at radius 3 is 2.62 bits per heavy atom. The van der Waals surface area contributed by atoms with Gasteiger partial charge in [0.15, 0.2) is 0 Å². The molecule has 0 spiro atoms. The Morgan fingerprint density at radius 2 is 1.86 bits per heavy atom. The van der Waals surface area contributed by atoms with E-state index in [0.29, 0.717) is 5.82 Å². The molecule has 1 N–H and O–H groups in total. The summed E-state index contributed by atoms with van der Waals surface area (Å²) in [5, 5.41) is 0. The molecule has 0 saturated heterocycles. The first kappa shape index (κ1) is 13.5. The molecule has 3 rings (SSSR count). The molecule has 6 heteroatoms. The zero-order chi connectivity index (χ0) is 14.9. The number of H-pyrrole nitrogens is 1. The Bertz CT molecular complexity index is 732. The van der Waals surface area contributed by atoms with Gasteiger partial charge in [-0.05, 0) is 30.3 Å². The number of alkyl halides is 3. The van der Waals surface area contributed by atoms with Gasteiger partial charge in [0.25, 0.3) is 0 Å². The van der Waals surface area contributed by atoms with Crippen molar-refractivity contribution in [3.8, 4) is 5.75 Å². The smallest absolute Gasteiger partial charge is 0.416 e. The van der Waals surface area contributed by atoms with Crippen LogP contribution >= 0.6 is 0 Å². The van der Waals surface area contributed by atoms with Crippen molar-refractivity contribution in [1.82, 2.24) is 9.97 Å². The number of nitrogens with zero attached hydrogens (tertiary/aromatic N) is 1. The number of imidazole rings is 1. The summed E-state index contributed by atoms with van der Waals surface area (Å²) in [5.74, 6) is 0.721. The molecular weight excluding hydrogens is 281 g/mol. The highest BCUT2D eigenvalue weighted by Crippen LogP contribution is 2.31. The summed E-state index contributed by atoms with van der Waals surface area (Å²) in [7, 11) is 0. The number of hydrogen-bond acceptors (Lipinski definition) is 2. The molecule has 0 saturated carbocycles. The first-order valence-electron chi connectivity index (χ1n) is 6.26. The monoisotopic (exact) mass is 292 g/mol. The van der Waals surface area contributed by atoms with Crippen LogP contribution in [0.15, 0.2) is 48.5 Å². The van der Waals surface area contributed by atoms with Crippen molar-refractivity contribution >= 4 is 11.0 Å². The molecule has 1 heterocycles. The maximum absolute atomic E-state index is 12.6. The summed E-state index contributed by atoms with van der Waals surface area (Å²) < 4.78 is 43.2. The number of nitrogens with one attached hydrogen (secondary N) is 1. The molecular formula is C15H11F3N2O. The maximum Gasteiger partial charge on any atom is 0.416 e. The van der Waals surface area contributed by atoms with Gasteiger partial charge in [0.05, 0.1) is 16.6 Å². The largest absolute Gasteiger partial charge is 0.486 e. The van der Waals surface area contributed by atoms with Crippen molar-refractivity contribution in [3.63, 3.8) is 0 Å². The summed E-state index contributed by atoms with van der Waals surface area (Å²) in [6.07, 6.45) is -4.38. The normalized spacial score (nSPS) is 11.8. The first-order chi connectivity index (χ1) is 10.0. The van der Waals surface area contributed by atoms with E-state index >= 15 is 0 Å². The number of para-hydroxylation sites is 2. The average Bonchev–Trinajstić information content (AvgIpc) is 2.87. The Morgan fingerprint density at radius 1 is 1.05 bits per heavy atom. The number of ether oxygens (including phenoxy) is 1. The predicted octanol–water partition coefficient (Wildman–Crippen LogP) is 4.16. The van der Waals surface area contributed by atoms with E-state index in [9.17, 15) is 13.2 Å². The fourth-order valence-corrected chi connectivity index (χ4v) is 1.99. The Labute approximate surface area is 118 Å². The van der Waals surface area contributed by atoms with Crippen LogP contribution in [0, 0.1) is 0 Å². The fourth-order valence-electron chi connectivity index (χ4n) is 1.99. The number of halogens is 3. The highest BCUT2D eigenvalue weighted by atomic mass is 19.4. The van der Waals surface area contributed by atoms with Gasteiger partial charge in [-0.2, -0.15) is 13.2 Å². The van der Waals surface area contributed by atoms with Gasteiger partial charge in [-0.3, -0.25) is 0 Å². The van der Waals surface area contributed by atoms with E-state index in [1.807, 2.05) is 24.3 Å². The SMILES string of the molecule is FC(F)(F)c1cccc(OCc2nc3ccccc3[nH]2)c1. The predicted molar refractivity (Wildman–Crippen MR) is 71.9 cm³/mol. The molecule has 0 amide bonds. The Balaban J connectivity index is 1.75. The lowest BCUT2D eigenvalue weighted by atomic mass is 10.2. The Kier molecular flexibility index (Phi) is 3.29. The summed E-state index contributed by atoms with van der Waals surface area (Å²) in [5.41, 5.74) is 0.921. The van der Waals surface area contributed by atoms with E-state index in [0.717, 1.165) is 23.2 Å². The molecule has 0 unspecified atom stereocenters. The zero-order valence-corrected chi connectivity index (χ0v) is 10.8. The first-order valence-corrected chi connectivity index (χ1v) is 6.26. The van der Waals surface area contributed by atoms with Crippen LogP contribution in [-0.4, -0.2) is 9.97 Å². The van der Waals surface area contributed by atoms with Gasteiger partial charge >= 0.3 is 6.18 Å². The van der Waals surface area contributed by atoms with Crippen LogP contribution in [-0.2, 0) is 12.8 Å². The van der Waals surface area contributed by atoms with Crippen LogP contribution in [0.25, 0.3) is 11.0 Å². The lowest BCUT2D eigenvalue weighted by Gasteiger charge is -2.09. The highest BCUT2D eigenvalue weighted by Gasteiger charge is 2.30. The molecule has 0 bridgehead atoms. The second-order valence-corrected chi connectivity index (χ2v) is 4.51. The number of benzene rings is 2. The van der Waals surface area contributed by atoms with Gasteiger partial charge in [0, 0.05) is 0 Å². The molecule has 3 nitrogen and oxygen atoms in total. The third kappa shape index (κ3) is 2.99. The van der Waals surface area contributed by atoms with Gasteiger partial charge in [0.2, 0.25) is 0 Å². The molecule has 0 aliphatic carbocycles. The van der Waals surface area contributed by atoms with Crippen LogP contribution in [0.1, 0.15) is 11.4 Å². The standard InChI is InChI=1S/C15H11F3N2O/c16-15(17,18)10-4-3-5-11(8-10)21-9-14-19-12-6-1-2-7-13(12)20-14/h1-8H,9H2,(H,19,20). The molecule has 108 valence electrons. The van der Waals surface area contributed by atoms with E-state index in [4.69, 9.17) is 4.74 Å². The minimum Gasteiger partial charge on any atom is -0.486 e. The molecule has 0 radical (unpaired) electrons. The maximum atomic E-state index is 12.6. The van der Waals surface area contributed by atoms with Gasteiger partial charge in [-0.15, -0.1) is 0 Å². The molecule has 1 aromatic heterocycles. The van der Waals surface area contributed by atoms with Crippen molar-refractivity contribution in [2.75, 3.05) is 0 Å². The van der Waals surface area contributed by atoms with Crippen LogP contribution in [0.4, 0.5) is 13.2 Å². The third-order valence-electron chi connectivity index (χ3n) is 2.98. The number of aromatic nitrogens is 2. The van der Waals surface area contributed by atoms with Gasteiger partial charge in [-0.1, -0.05) is 18.2 Å². The van der Waals surface area contributed by atoms with Crippen molar-refractivity contribution in [2.24, 2.45) is 0 Å². The van der Waals surface area contributed by atoms with E-state index in [-0.39, 0.29) is 12.4 Å². The quantitative estimate of drug-likeness (QED) is 0.787.